The minimum atomic E-state index is 0.171. The van der Waals surface area contributed by atoms with Crippen LogP contribution in [0.4, 0.5) is 0 Å². The van der Waals surface area contributed by atoms with E-state index in [1.165, 1.54) is 5.56 Å². The summed E-state index contributed by atoms with van der Waals surface area (Å²) in [6.45, 7) is 3.61. The normalized spacial score (nSPS) is 18.8. The summed E-state index contributed by atoms with van der Waals surface area (Å²) in [5, 5.41) is 3.20. The fraction of sp³-hybridized carbons (Fsp3) is 0.562. The van der Waals surface area contributed by atoms with Gasteiger partial charge in [0.2, 0.25) is 0 Å². The van der Waals surface area contributed by atoms with E-state index in [0.29, 0.717) is 5.92 Å². The Morgan fingerprint density at radius 2 is 2.25 bits per heavy atom. The molecule has 20 heavy (non-hydrogen) atoms. The molecule has 0 spiro atoms. The predicted octanol–water partition coefficient (Wildman–Crippen LogP) is 1.43. The van der Waals surface area contributed by atoms with Gasteiger partial charge in [0, 0.05) is 25.2 Å². The summed E-state index contributed by atoms with van der Waals surface area (Å²) in [6, 6.07) is 8.00. The van der Waals surface area contributed by atoms with Crippen LogP contribution in [0.2, 0.25) is 0 Å². The minimum absolute atomic E-state index is 0.171. The number of rotatable bonds is 5. The van der Waals surface area contributed by atoms with Gasteiger partial charge in [-0.25, -0.2) is 0 Å². The van der Waals surface area contributed by atoms with Crippen molar-refractivity contribution in [2.75, 3.05) is 40.8 Å². The van der Waals surface area contributed by atoms with Crippen LogP contribution >= 0.6 is 0 Å². The molecule has 0 saturated carbocycles. The third kappa shape index (κ3) is 3.81. The van der Waals surface area contributed by atoms with Crippen LogP contribution in [0.1, 0.15) is 22.3 Å². The van der Waals surface area contributed by atoms with E-state index in [4.69, 9.17) is 0 Å². The Kier molecular flexibility index (Phi) is 5.15. The molecule has 4 heteroatoms. The molecule has 1 heterocycles. The highest BCUT2D eigenvalue weighted by molar-refractivity contribution is 5.94. The molecule has 1 saturated heterocycles. The fourth-order valence-corrected chi connectivity index (χ4v) is 2.82. The summed E-state index contributed by atoms with van der Waals surface area (Å²) in [6.07, 6.45) is 1.10. The monoisotopic (exact) mass is 275 g/mol. The lowest BCUT2D eigenvalue weighted by Crippen LogP contribution is -2.30. The van der Waals surface area contributed by atoms with Gasteiger partial charge in [0.15, 0.2) is 0 Å². The lowest BCUT2D eigenvalue weighted by molar-refractivity contribution is 0.0787. The molecule has 1 amide bonds. The first-order chi connectivity index (χ1) is 9.60. The van der Waals surface area contributed by atoms with Crippen molar-refractivity contribution >= 4 is 5.91 Å². The first-order valence-electron chi connectivity index (χ1n) is 7.27. The highest BCUT2D eigenvalue weighted by Crippen LogP contribution is 2.19. The van der Waals surface area contributed by atoms with Crippen LogP contribution in [0.25, 0.3) is 0 Å². The van der Waals surface area contributed by atoms with Crippen LogP contribution in [-0.4, -0.2) is 56.5 Å². The topological polar surface area (TPSA) is 35.6 Å². The lowest BCUT2D eigenvalue weighted by Gasteiger charge is -2.17. The molecule has 0 radical (unpaired) electrons. The molecule has 1 fully saturated rings. The Hall–Kier alpha value is -1.39. The Morgan fingerprint density at radius 3 is 2.95 bits per heavy atom. The Bertz CT molecular complexity index is 459. The number of carbonyl (C=O) groups is 1. The first kappa shape index (κ1) is 15.0. The summed E-state index contributed by atoms with van der Waals surface area (Å²) in [7, 11) is 6.05. The van der Waals surface area contributed by atoms with E-state index in [1.807, 2.05) is 44.2 Å². The van der Waals surface area contributed by atoms with Crippen molar-refractivity contribution in [3.05, 3.63) is 35.4 Å². The van der Waals surface area contributed by atoms with Gasteiger partial charge < -0.3 is 15.1 Å². The van der Waals surface area contributed by atoms with Crippen LogP contribution in [0.15, 0.2) is 24.3 Å². The molecule has 0 unspecified atom stereocenters. The predicted molar refractivity (Wildman–Crippen MR) is 81.8 cm³/mol. The van der Waals surface area contributed by atoms with Gasteiger partial charge >= 0.3 is 0 Å². The van der Waals surface area contributed by atoms with E-state index in [-0.39, 0.29) is 5.91 Å². The van der Waals surface area contributed by atoms with Gasteiger partial charge in [0.05, 0.1) is 0 Å². The van der Waals surface area contributed by atoms with Gasteiger partial charge in [-0.15, -0.1) is 0 Å². The van der Waals surface area contributed by atoms with Crippen molar-refractivity contribution in [1.82, 2.24) is 15.1 Å². The molecular weight excluding hydrogens is 250 g/mol. The summed E-state index contributed by atoms with van der Waals surface area (Å²) in [4.78, 5) is 16.6. The number of amides is 1. The molecule has 1 aromatic rings. The number of nitrogens with one attached hydrogen (secondary N) is 1. The molecule has 2 rings (SSSR count). The average Bonchev–Trinajstić information content (AvgIpc) is 2.86. The van der Waals surface area contributed by atoms with Crippen molar-refractivity contribution in [3.8, 4) is 0 Å². The maximum Gasteiger partial charge on any atom is 0.253 e. The zero-order chi connectivity index (χ0) is 14.5. The maximum atomic E-state index is 12.5. The van der Waals surface area contributed by atoms with E-state index in [0.717, 1.165) is 38.2 Å². The Balaban J connectivity index is 2.02. The molecule has 1 aliphatic rings. The quantitative estimate of drug-likeness (QED) is 0.883. The standard InChI is InChI=1S/C16H25N3O/c1-17-10-14-7-8-19(12-14)16(20)15-6-4-5-13(9-15)11-18(2)3/h4-6,9,14,17H,7-8,10-12H2,1-3H3/t14-/m1/s1. The van der Waals surface area contributed by atoms with Crippen molar-refractivity contribution < 1.29 is 4.79 Å². The van der Waals surface area contributed by atoms with Gasteiger partial charge in [0.1, 0.15) is 0 Å². The molecule has 110 valence electrons. The Labute approximate surface area is 121 Å². The van der Waals surface area contributed by atoms with Crippen molar-refractivity contribution in [2.24, 2.45) is 5.92 Å². The molecule has 1 aliphatic heterocycles. The zero-order valence-corrected chi connectivity index (χ0v) is 12.7. The number of likely N-dealkylation sites (tertiary alicyclic amines) is 1. The third-order valence-corrected chi connectivity index (χ3v) is 3.74. The third-order valence-electron chi connectivity index (χ3n) is 3.74. The average molecular weight is 275 g/mol. The number of carbonyl (C=O) groups excluding carboxylic acids is 1. The number of benzene rings is 1. The van der Waals surface area contributed by atoms with Crippen LogP contribution in [0, 0.1) is 5.92 Å². The van der Waals surface area contributed by atoms with Crippen molar-refractivity contribution in [2.45, 2.75) is 13.0 Å². The largest absolute Gasteiger partial charge is 0.338 e. The highest BCUT2D eigenvalue weighted by Gasteiger charge is 2.26. The second kappa shape index (κ2) is 6.86. The number of hydrogen-bond acceptors (Lipinski definition) is 3. The van der Waals surface area contributed by atoms with Gasteiger partial charge in [-0.05, 0) is 57.7 Å². The van der Waals surface area contributed by atoms with Crippen molar-refractivity contribution in [1.29, 1.82) is 0 Å². The van der Waals surface area contributed by atoms with E-state index in [1.54, 1.807) is 0 Å². The number of hydrogen-bond donors (Lipinski definition) is 1. The molecule has 0 aliphatic carbocycles. The number of nitrogens with zero attached hydrogens (tertiary/aromatic N) is 2. The van der Waals surface area contributed by atoms with Gasteiger partial charge in [-0.1, -0.05) is 12.1 Å². The van der Waals surface area contributed by atoms with Crippen LogP contribution in [0.5, 0.6) is 0 Å². The lowest BCUT2D eigenvalue weighted by atomic mass is 10.1. The van der Waals surface area contributed by atoms with Gasteiger partial charge in [-0.3, -0.25) is 4.79 Å². The van der Waals surface area contributed by atoms with Crippen LogP contribution < -0.4 is 5.32 Å². The summed E-state index contributed by atoms with van der Waals surface area (Å²) in [5.41, 5.74) is 2.00. The summed E-state index contributed by atoms with van der Waals surface area (Å²) in [5.74, 6) is 0.762. The molecule has 0 bridgehead atoms. The summed E-state index contributed by atoms with van der Waals surface area (Å²) >= 11 is 0. The molecule has 0 aromatic heterocycles. The van der Waals surface area contributed by atoms with E-state index < -0.39 is 0 Å². The smallest absolute Gasteiger partial charge is 0.253 e. The molecule has 4 nitrogen and oxygen atoms in total. The van der Waals surface area contributed by atoms with E-state index in [2.05, 4.69) is 16.3 Å². The zero-order valence-electron chi connectivity index (χ0n) is 12.7. The van der Waals surface area contributed by atoms with E-state index in [9.17, 15) is 4.79 Å². The van der Waals surface area contributed by atoms with Crippen LogP contribution in [0.3, 0.4) is 0 Å². The minimum Gasteiger partial charge on any atom is -0.338 e. The fourth-order valence-electron chi connectivity index (χ4n) is 2.82. The first-order valence-corrected chi connectivity index (χ1v) is 7.27. The molecule has 1 aromatic carbocycles. The summed E-state index contributed by atoms with van der Waals surface area (Å²) < 4.78 is 0. The molecular formula is C16H25N3O. The van der Waals surface area contributed by atoms with Crippen LogP contribution in [-0.2, 0) is 6.54 Å². The molecule has 1 atom stereocenters. The van der Waals surface area contributed by atoms with E-state index >= 15 is 0 Å². The Morgan fingerprint density at radius 1 is 1.45 bits per heavy atom. The molecule has 1 N–H and O–H groups in total. The van der Waals surface area contributed by atoms with Gasteiger partial charge in [0.25, 0.3) is 5.91 Å². The SMILES string of the molecule is CNC[C@H]1CCN(C(=O)c2cccc(CN(C)C)c2)C1. The second-order valence-electron chi connectivity index (χ2n) is 5.90. The highest BCUT2D eigenvalue weighted by atomic mass is 16.2. The maximum absolute atomic E-state index is 12.5. The van der Waals surface area contributed by atoms with Gasteiger partial charge in [-0.2, -0.15) is 0 Å². The second-order valence-corrected chi connectivity index (χ2v) is 5.90. The van der Waals surface area contributed by atoms with Crippen molar-refractivity contribution in [3.63, 3.8) is 0 Å².